The minimum atomic E-state index is -0.193. The van der Waals surface area contributed by atoms with Crippen molar-refractivity contribution in [3.63, 3.8) is 0 Å². The van der Waals surface area contributed by atoms with E-state index in [9.17, 15) is 24.6 Å². The Morgan fingerprint density at radius 2 is 1.40 bits per heavy atom. The van der Waals surface area contributed by atoms with Crippen LogP contribution in [0, 0.1) is 0 Å². The molecule has 1 amide bonds. The zero-order chi connectivity index (χ0) is 29.5. The molecule has 6 N–H and O–H groups in total. The van der Waals surface area contributed by atoms with E-state index < -0.39 is 0 Å². The summed E-state index contributed by atoms with van der Waals surface area (Å²) in [6.45, 7) is 3.50. The van der Waals surface area contributed by atoms with Gasteiger partial charge in [0.05, 0.1) is 9.40 Å². The molecule has 12 heteroatoms. The molecular formula is C30H39N5O5S2. The van der Waals surface area contributed by atoms with Crippen LogP contribution < -0.4 is 20.4 Å². The van der Waals surface area contributed by atoms with Gasteiger partial charge in [-0.05, 0) is 55.5 Å². The molecule has 0 atom stereocenters. The summed E-state index contributed by atoms with van der Waals surface area (Å²) in [5.74, 6) is 0.246. The summed E-state index contributed by atoms with van der Waals surface area (Å²) >= 11 is 2.22. The average Bonchev–Trinajstić information content (AvgIpc) is 3.46. The molecule has 0 aliphatic heterocycles. The predicted molar refractivity (Wildman–Crippen MR) is 169 cm³/mol. The SMILES string of the molecule is O=C(CCN(CCNCCc1ccc(O)c2[nH]c(=O)sc12)CCc1ccc(O)c2[nH]c(=O)sc12)NC1CCCCCC1. The van der Waals surface area contributed by atoms with Gasteiger partial charge < -0.3 is 35.7 Å². The van der Waals surface area contributed by atoms with Crippen molar-refractivity contribution in [2.45, 2.75) is 63.8 Å². The molecule has 0 unspecified atom stereocenters. The molecule has 0 spiro atoms. The van der Waals surface area contributed by atoms with Gasteiger partial charge in [-0.25, -0.2) is 0 Å². The summed E-state index contributed by atoms with van der Waals surface area (Å²) < 4.78 is 1.56. The third-order valence-corrected chi connectivity index (χ3v) is 9.94. The van der Waals surface area contributed by atoms with Crippen LogP contribution in [-0.4, -0.2) is 69.8 Å². The van der Waals surface area contributed by atoms with E-state index in [1.54, 1.807) is 12.1 Å². The zero-order valence-electron chi connectivity index (χ0n) is 23.7. The van der Waals surface area contributed by atoms with Crippen molar-refractivity contribution >= 4 is 49.0 Å². The fourth-order valence-corrected chi connectivity index (χ4v) is 7.52. The van der Waals surface area contributed by atoms with Crippen molar-refractivity contribution in [1.82, 2.24) is 25.5 Å². The number of amides is 1. The number of benzene rings is 2. The maximum absolute atomic E-state index is 12.8. The third-order valence-electron chi connectivity index (χ3n) is 8.03. The molecule has 5 rings (SSSR count). The molecule has 2 aromatic carbocycles. The lowest BCUT2D eigenvalue weighted by atomic mass is 10.1. The number of thiazole rings is 2. The first-order valence-electron chi connectivity index (χ1n) is 14.8. The van der Waals surface area contributed by atoms with E-state index in [0.29, 0.717) is 49.9 Å². The quantitative estimate of drug-likeness (QED) is 0.0992. The van der Waals surface area contributed by atoms with E-state index in [-0.39, 0.29) is 33.2 Å². The first-order chi connectivity index (χ1) is 20.4. The highest BCUT2D eigenvalue weighted by molar-refractivity contribution is 7.17. The molecular weight excluding hydrogens is 574 g/mol. The number of hydrogen-bond acceptors (Lipinski definition) is 9. The predicted octanol–water partition coefficient (Wildman–Crippen LogP) is 3.81. The van der Waals surface area contributed by atoms with E-state index in [1.807, 2.05) is 12.1 Å². The van der Waals surface area contributed by atoms with Gasteiger partial charge in [0.1, 0.15) is 22.5 Å². The van der Waals surface area contributed by atoms with Crippen LogP contribution in [0.5, 0.6) is 11.5 Å². The van der Waals surface area contributed by atoms with E-state index in [0.717, 1.165) is 69.1 Å². The molecule has 1 fully saturated rings. The lowest BCUT2D eigenvalue weighted by molar-refractivity contribution is -0.122. The Morgan fingerprint density at radius 1 is 0.810 bits per heavy atom. The second-order valence-electron chi connectivity index (χ2n) is 11.0. The Hall–Kier alpha value is -3.19. The number of nitrogens with zero attached hydrogens (tertiary/aromatic N) is 1. The molecule has 226 valence electrons. The molecule has 10 nitrogen and oxygen atoms in total. The Bertz CT molecular complexity index is 1620. The van der Waals surface area contributed by atoms with Crippen LogP contribution in [0.3, 0.4) is 0 Å². The molecule has 0 radical (unpaired) electrons. The van der Waals surface area contributed by atoms with Gasteiger partial charge in [-0.3, -0.25) is 14.4 Å². The summed E-state index contributed by atoms with van der Waals surface area (Å²) in [4.78, 5) is 43.9. The number of rotatable bonds is 13. The van der Waals surface area contributed by atoms with Crippen molar-refractivity contribution in [3.8, 4) is 11.5 Å². The first-order valence-corrected chi connectivity index (χ1v) is 16.4. The Kier molecular flexibility index (Phi) is 10.3. The van der Waals surface area contributed by atoms with Crippen LogP contribution in [0.15, 0.2) is 33.9 Å². The summed E-state index contributed by atoms with van der Waals surface area (Å²) in [5.41, 5.74) is 2.97. The van der Waals surface area contributed by atoms with Gasteiger partial charge >= 0.3 is 9.75 Å². The first kappa shape index (κ1) is 30.3. The molecule has 0 saturated heterocycles. The summed E-state index contributed by atoms with van der Waals surface area (Å²) in [6, 6.07) is 7.24. The van der Waals surface area contributed by atoms with Crippen LogP contribution >= 0.6 is 22.7 Å². The molecule has 1 aliphatic rings. The topological polar surface area (TPSA) is 151 Å². The van der Waals surface area contributed by atoms with Crippen LogP contribution in [0.25, 0.3) is 20.4 Å². The number of hydrogen-bond donors (Lipinski definition) is 6. The van der Waals surface area contributed by atoms with Crippen molar-refractivity contribution in [2.24, 2.45) is 0 Å². The number of nitrogens with one attached hydrogen (secondary N) is 4. The molecule has 42 heavy (non-hydrogen) atoms. The molecule has 0 bridgehead atoms. The number of fused-ring (bicyclic) bond motifs is 2. The standard InChI is InChI=1S/C30H39N5O5S2/c36-22-9-7-19(27-25(22)33-29(39)41-27)11-14-31-15-18-35(17-13-24(38)32-21-5-3-1-2-4-6-21)16-12-20-8-10-23(37)26-28(20)42-30(40)34-26/h7-10,21,31,36-37H,1-6,11-18H2,(H,32,38)(H,33,39)(H,34,40). The van der Waals surface area contributed by atoms with Gasteiger partial charge in [0.15, 0.2) is 0 Å². The van der Waals surface area contributed by atoms with E-state index in [2.05, 4.69) is 25.5 Å². The summed E-state index contributed by atoms with van der Waals surface area (Å²) in [6.07, 6.45) is 8.79. The number of aromatic amines is 2. The number of phenolic OH excluding ortho intramolecular Hbond substituents is 2. The Morgan fingerprint density at radius 3 is 2.02 bits per heavy atom. The highest BCUT2D eigenvalue weighted by atomic mass is 32.1. The highest BCUT2D eigenvalue weighted by Gasteiger charge is 2.17. The van der Waals surface area contributed by atoms with Crippen molar-refractivity contribution in [2.75, 3.05) is 32.7 Å². The number of aromatic hydroxyl groups is 2. The molecule has 1 aliphatic carbocycles. The number of carbonyl (C=O) groups excluding carboxylic acids is 1. The monoisotopic (exact) mass is 613 g/mol. The lowest BCUT2D eigenvalue weighted by Gasteiger charge is -2.23. The van der Waals surface area contributed by atoms with Gasteiger partial charge in [-0.2, -0.15) is 0 Å². The highest BCUT2D eigenvalue weighted by Crippen LogP contribution is 2.29. The van der Waals surface area contributed by atoms with Crippen molar-refractivity contribution in [3.05, 3.63) is 54.7 Å². The number of phenols is 2. The van der Waals surface area contributed by atoms with Gasteiger partial charge in [-0.15, -0.1) is 0 Å². The Balaban J connectivity index is 1.17. The number of carbonyl (C=O) groups is 1. The molecule has 2 aromatic heterocycles. The second kappa shape index (κ2) is 14.3. The normalized spacial score (nSPS) is 14.6. The fraction of sp³-hybridized carbons (Fsp3) is 0.500. The third kappa shape index (κ3) is 7.80. The minimum Gasteiger partial charge on any atom is -0.506 e. The van der Waals surface area contributed by atoms with E-state index >= 15 is 0 Å². The van der Waals surface area contributed by atoms with E-state index in [4.69, 9.17) is 0 Å². The second-order valence-corrected chi connectivity index (χ2v) is 13.0. The van der Waals surface area contributed by atoms with Gasteiger partial charge in [-0.1, -0.05) is 60.5 Å². The maximum Gasteiger partial charge on any atom is 0.305 e. The zero-order valence-corrected chi connectivity index (χ0v) is 25.3. The van der Waals surface area contributed by atoms with Crippen LogP contribution in [-0.2, 0) is 17.6 Å². The average molecular weight is 614 g/mol. The van der Waals surface area contributed by atoms with Crippen LogP contribution in [0.4, 0.5) is 0 Å². The fourth-order valence-electron chi connectivity index (χ4n) is 5.72. The Labute approximate surface area is 251 Å². The van der Waals surface area contributed by atoms with E-state index in [1.165, 1.54) is 25.7 Å². The number of aromatic nitrogens is 2. The lowest BCUT2D eigenvalue weighted by Crippen LogP contribution is -2.39. The van der Waals surface area contributed by atoms with Crippen LogP contribution in [0.2, 0.25) is 0 Å². The smallest absolute Gasteiger partial charge is 0.305 e. The van der Waals surface area contributed by atoms with Gasteiger partial charge in [0.25, 0.3) is 0 Å². The summed E-state index contributed by atoms with van der Waals surface area (Å²) in [7, 11) is 0. The van der Waals surface area contributed by atoms with Gasteiger partial charge in [0, 0.05) is 38.6 Å². The number of H-pyrrole nitrogens is 2. The van der Waals surface area contributed by atoms with Gasteiger partial charge in [0.2, 0.25) is 5.91 Å². The van der Waals surface area contributed by atoms with Crippen molar-refractivity contribution < 1.29 is 15.0 Å². The van der Waals surface area contributed by atoms with Crippen molar-refractivity contribution in [1.29, 1.82) is 0 Å². The van der Waals surface area contributed by atoms with Crippen LogP contribution in [0.1, 0.15) is 56.1 Å². The molecule has 1 saturated carbocycles. The molecule has 4 aromatic rings. The minimum absolute atomic E-state index is 0.0705. The maximum atomic E-state index is 12.8. The molecule has 2 heterocycles. The summed E-state index contributed by atoms with van der Waals surface area (Å²) in [5, 5.41) is 26.9. The largest absolute Gasteiger partial charge is 0.506 e.